The van der Waals surface area contributed by atoms with E-state index in [1.54, 1.807) is 37.5 Å². The van der Waals surface area contributed by atoms with Crippen LogP contribution in [0.2, 0.25) is 0 Å². The van der Waals surface area contributed by atoms with Gasteiger partial charge in [0.1, 0.15) is 18.1 Å². The Labute approximate surface area is 188 Å². The summed E-state index contributed by atoms with van der Waals surface area (Å²) in [4.78, 5) is 22.5. The summed E-state index contributed by atoms with van der Waals surface area (Å²) >= 11 is 1.22. The Hall–Kier alpha value is -3.86. The average Bonchev–Trinajstić information content (AvgIpc) is 3.18. The standard InChI is InChI=1S/C21H21N5O5S/c1-3-12-25-19(13-31-18-10-8-17(30-2)9-11-18)23-24-21(25)32-14-20(27)22-15-4-6-16(7-5-15)26(28)29/h3-11H,1,12-14H2,2H3,(H,22,27). The number of aromatic nitrogens is 3. The summed E-state index contributed by atoms with van der Waals surface area (Å²) in [5.74, 6) is 1.81. The number of ether oxygens (including phenoxy) is 2. The Bertz CT molecular complexity index is 1080. The van der Waals surface area contributed by atoms with Gasteiger partial charge < -0.3 is 14.8 Å². The Balaban J connectivity index is 1.58. The zero-order valence-corrected chi connectivity index (χ0v) is 18.1. The predicted octanol–water partition coefficient (Wildman–Crippen LogP) is 3.69. The van der Waals surface area contributed by atoms with Crippen LogP contribution in [0.15, 0.2) is 66.3 Å². The second-order valence-electron chi connectivity index (χ2n) is 6.40. The smallest absolute Gasteiger partial charge is 0.269 e. The topological polar surface area (TPSA) is 121 Å². The fraction of sp³-hybridized carbons (Fsp3) is 0.190. The molecular weight excluding hydrogens is 434 g/mol. The minimum atomic E-state index is -0.496. The number of anilines is 1. The van der Waals surface area contributed by atoms with Gasteiger partial charge >= 0.3 is 0 Å². The van der Waals surface area contributed by atoms with Gasteiger partial charge in [0, 0.05) is 24.4 Å². The molecular formula is C21H21N5O5S. The number of nitrogens with zero attached hydrogens (tertiary/aromatic N) is 4. The Kier molecular flexibility index (Phi) is 7.81. The number of methoxy groups -OCH3 is 1. The van der Waals surface area contributed by atoms with Gasteiger partial charge in [-0.2, -0.15) is 0 Å². The Morgan fingerprint density at radius 1 is 1.19 bits per heavy atom. The van der Waals surface area contributed by atoms with Crippen LogP contribution in [-0.2, 0) is 17.9 Å². The van der Waals surface area contributed by atoms with E-state index < -0.39 is 4.92 Å². The summed E-state index contributed by atoms with van der Waals surface area (Å²) in [6.07, 6.45) is 1.71. The first-order chi connectivity index (χ1) is 15.5. The van der Waals surface area contributed by atoms with E-state index in [-0.39, 0.29) is 24.0 Å². The molecule has 3 rings (SSSR count). The van der Waals surface area contributed by atoms with Crippen molar-refractivity contribution in [2.24, 2.45) is 0 Å². The van der Waals surface area contributed by atoms with Gasteiger partial charge in [0.25, 0.3) is 5.69 Å². The molecule has 166 valence electrons. The first-order valence-electron chi connectivity index (χ1n) is 9.47. The molecule has 0 aliphatic rings. The largest absolute Gasteiger partial charge is 0.497 e. The maximum absolute atomic E-state index is 12.3. The molecule has 0 bridgehead atoms. The van der Waals surface area contributed by atoms with Gasteiger partial charge in [-0.05, 0) is 36.4 Å². The fourth-order valence-electron chi connectivity index (χ4n) is 2.66. The molecule has 10 nitrogen and oxygen atoms in total. The van der Waals surface area contributed by atoms with Crippen molar-refractivity contribution in [2.45, 2.75) is 18.3 Å². The number of amides is 1. The molecule has 1 amide bonds. The van der Waals surface area contributed by atoms with Crippen molar-refractivity contribution in [3.8, 4) is 11.5 Å². The summed E-state index contributed by atoms with van der Waals surface area (Å²) in [5.41, 5.74) is 0.432. The number of nitro benzene ring substituents is 1. The molecule has 0 fully saturated rings. The minimum absolute atomic E-state index is 0.0423. The molecule has 0 unspecified atom stereocenters. The normalized spacial score (nSPS) is 10.4. The van der Waals surface area contributed by atoms with E-state index in [0.717, 1.165) is 5.75 Å². The molecule has 32 heavy (non-hydrogen) atoms. The number of hydrogen-bond acceptors (Lipinski definition) is 8. The highest BCUT2D eigenvalue weighted by molar-refractivity contribution is 7.99. The highest BCUT2D eigenvalue weighted by atomic mass is 32.2. The second kappa shape index (κ2) is 11.0. The van der Waals surface area contributed by atoms with E-state index in [0.29, 0.717) is 29.0 Å². The summed E-state index contributed by atoms with van der Waals surface area (Å²) in [6, 6.07) is 12.8. The van der Waals surface area contributed by atoms with Gasteiger partial charge in [-0.1, -0.05) is 17.8 Å². The highest BCUT2D eigenvalue weighted by Gasteiger charge is 2.15. The summed E-state index contributed by atoms with van der Waals surface area (Å²) in [7, 11) is 1.60. The van der Waals surface area contributed by atoms with Crippen LogP contribution in [0.5, 0.6) is 11.5 Å². The zero-order chi connectivity index (χ0) is 22.9. The van der Waals surface area contributed by atoms with Crippen molar-refractivity contribution in [3.05, 3.63) is 77.1 Å². The first kappa shape index (κ1) is 22.8. The van der Waals surface area contributed by atoms with Crippen LogP contribution in [-0.4, -0.2) is 38.5 Å². The number of benzene rings is 2. The monoisotopic (exact) mass is 455 g/mol. The van der Waals surface area contributed by atoms with E-state index >= 15 is 0 Å². The third-order valence-corrected chi connectivity index (χ3v) is 5.19. The summed E-state index contributed by atoms with van der Waals surface area (Å²) < 4.78 is 12.7. The predicted molar refractivity (Wildman–Crippen MR) is 120 cm³/mol. The molecule has 1 N–H and O–H groups in total. The van der Waals surface area contributed by atoms with E-state index in [2.05, 4.69) is 22.1 Å². The van der Waals surface area contributed by atoms with Crippen molar-refractivity contribution in [1.82, 2.24) is 14.8 Å². The lowest BCUT2D eigenvalue weighted by Crippen LogP contribution is -2.15. The van der Waals surface area contributed by atoms with Gasteiger partial charge in [-0.15, -0.1) is 16.8 Å². The van der Waals surface area contributed by atoms with Gasteiger partial charge in [0.05, 0.1) is 17.8 Å². The molecule has 0 aliphatic heterocycles. The second-order valence-corrected chi connectivity index (χ2v) is 7.35. The third kappa shape index (κ3) is 6.08. The highest BCUT2D eigenvalue weighted by Crippen LogP contribution is 2.21. The quantitative estimate of drug-likeness (QED) is 0.201. The van der Waals surface area contributed by atoms with E-state index in [4.69, 9.17) is 9.47 Å². The maximum atomic E-state index is 12.3. The van der Waals surface area contributed by atoms with Crippen molar-refractivity contribution in [2.75, 3.05) is 18.2 Å². The van der Waals surface area contributed by atoms with Gasteiger partial charge in [0.15, 0.2) is 11.0 Å². The number of thioether (sulfide) groups is 1. The number of allylic oxidation sites excluding steroid dienone is 1. The molecule has 0 spiro atoms. The van der Waals surface area contributed by atoms with Crippen LogP contribution in [0.3, 0.4) is 0 Å². The molecule has 1 aromatic heterocycles. The summed E-state index contributed by atoms with van der Waals surface area (Å²) in [5, 5.41) is 22.3. The van der Waals surface area contributed by atoms with E-state index in [1.807, 2.05) is 4.57 Å². The van der Waals surface area contributed by atoms with Crippen LogP contribution in [0, 0.1) is 10.1 Å². The fourth-order valence-corrected chi connectivity index (χ4v) is 3.43. The van der Waals surface area contributed by atoms with Crippen LogP contribution in [0.1, 0.15) is 5.82 Å². The zero-order valence-electron chi connectivity index (χ0n) is 17.3. The molecule has 0 aliphatic carbocycles. The first-order valence-corrected chi connectivity index (χ1v) is 10.5. The molecule has 2 aromatic carbocycles. The molecule has 3 aromatic rings. The molecule has 0 atom stereocenters. The number of nitro groups is 1. The van der Waals surface area contributed by atoms with Crippen LogP contribution < -0.4 is 14.8 Å². The average molecular weight is 455 g/mol. The van der Waals surface area contributed by atoms with Crippen molar-refractivity contribution >= 4 is 29.0 Å². The van der Waals surface area contributed by atoms with Crippen molar-refractivity contribution in [3.63, 3.8) is 0 Å². The maximum Gasteiger partial charge on any atom is 0.269 e. The molecule has 11 heteroatoms. The van der Waals surface area contributed by atoms with Crippen LogP contribution in [0.4, 0.5) is 11.4 Å². The Morgan fingerprint density at radius 2 is 1.88 bits per heavy atom. The summed E-state index contributed by atoms with van der Waals surface area (Å²) in [6.45, 7) is 4.41. The molecule has 0 saturated heterocycles. The van der Waals surface area contributed by atoms with Gasteiger partial charge in [-0.3, -0.25) is 19.5 Å². The van der Waals surface area contributed by atoms with E-state index in [9.17, 15) is 14.9 Å². The lowest BCUT2D eigenvalue weighted by Gasteiger charge is -2.10. The number of nitrogens with one attached hydrogen (secondary N) is 1. The third-order valence-electron chi connectivity index (χ3n) is 4.23. The number of carbonyl (C=O) groups excluding carboxylic acids is 1. The number of rotatable bonds is 11. The molecule has 0 radical (unpaired) electrons. The number of hydrogen-bond donors (Lipinski definition) is 1. The lowest BCUT2D eigenvalue weighted by atomic mass is 10.3. The van der Waals surface area contributed by atoms with Crippen molar-refractivity contribution in [1.29, 1.82) is 0 Å². The van der Waals surface area contributed by atoms with Gasteiger partial charge in [-0.25, -0.2) is 0 Å². The SMILES string of the molecule is C=CCn1c(COc2ccc(OC)cc2)nnc1SCC(=O)Nc1ccc([N+](=O)[O-])cc1. The number of non-ortho nitro benzene ring substituents is 1. The van der Waals surface area contributed by atoms with Gasteiger partial charge in [0.2, 0.25) is 5.91 Å². The number of carbonyl (C=O) groups is 1. The Morgan fingerprint density at radius 3 is 2.50 bits per heavy atom. The van der Waals surface area contributed by atoms with Crippen molar-refractivity contribution < 1.29 is 19.2 Å². The minimum Gasteiger partial charge on any atom is -0.497 e. The van der Waals surface area contributed by atoms with Crippen LogP contribution >= 0.6 is 11.8 Å². The molecule has 1 heterocycles. The lowest BCUT2D eigenvalue weighted by molar-refractivity contribution is -0.384. The molecule has 0 saturated carbocycles. The van der Waals surface area contributed by atoms with Crippen LogP contribution in [0.25, 0.3) is 0 Å². The van der Waals surface area contributed by atoms with E-state index in [1.165, 1.54) is 36.0 Å².